The minimum Gasteiger partial charge on any atom is -0.438 e. The van der Waals surface area contributed by atoms with Gasteiger partial charge in [0.2, 0.25) is 11.8 Å². The number of benzene rings is 3. The normalized spacial score (nSPS) is 10.5. The lowest BCUT2D eigenvalue weighted by molar-refractivity contribution is 0.453. The maximum absolute atomic E-state index is 9.12. The molecule has 0 aliphatic rings. The SMILES string of the molecule is CNc1nc(Nc2ccc(C#N)cc2)nc(Oc2ccc3cc(C#N)ccc3c2)c1C(C)C. The van der Waals surface area contributed by atoms with Crippen LogP contribution in [0.2, 0.25) is 0 Å². The maximum Gasteiger partial charge on any atom is 0.232 e. The van der Waals surface area contributed by atoms with E-state index in [4.69, 9.17) is 15.3 Å². The maximum atomic E-state index is 9.12. The standard InChI is InChI=1S/C26H22N6O/c1-16(2)23-24(29-3)31-26(30-21-9-5-17(14-27)6-10-21)32-25(23)33-22-11-8-19-12-18(15-28)4-7-20(19)13-22/h4-13,16H,1-3H3,(H2,29,30,31,32). The van der Waals surface area contributed by atoms with Crippen LogP contribution in [-0.2, 0) is 0 Å². The van der Waals surface area contributed by atoms with Gasteiger partial charge in [0.05, 0.1) is 28.8 Å². The zero-order valence-corrected chi connectivity index (χ0v) is 18.5. The van der Waals surface area contributed by atoms with E-state index in [2.05, 4.69) is 46.6 Å². The molecule has 0 aliphatic heterocycles. The smallest absolute Gasteiger partial charge is 0.232 e. The van der Waals surface area contributed by atoms with Crippen LogP contribution in [-0.4, -0.2) is 17.0 Å². The number of nitrogens with one attached hydrogen (secondary N) is 2. The van der Waals surface area contributed by atoms with Crippen LogP contribution < -0.4 is 15.4 Å². The first-order chi connectivity index (χ1) is 16.0. The van der Waals surface area contributed by atoms with Gasteiger partial charge in [-0.25, -0.2) is 0 Å². The van der Waals surface area contributed by atoms with Crippen LogP contribution in [0, 0.1) is 22.7 Å². The zero-order chi connectivity index (χ0) is 23.4. The highest BCUT2D eigenvalue weighted by molar-refractivity contribution is 5.85. The summed E-state index contributed by atoms with van der Waals surface area (Å²) in [7, 11) is 1.81. The molecular formula is C26H22N6O. The first-order valence-electron chi connectivity index (χ1n) is 10.5. The van der Waals surface area contributed by atoms with Gasteiger partial charge in [0.15, 0.2) is 0 Å². The van der Waals surface area contributed by atoms with E-state index in [1.807, 2.05) is 37.4 Å². The number of ether oxygens (including phenoxy) is 1. The molecule has 33 heavy (non-hydrogen) atoms. The van der Waals surface area contributed by atoms with Crippen molar-refractivity contribution < 1.29 is 4.74 Å². The lowest BCUT2D eigenvalue weighted by Crippen LogP contribution is -2.08. The molecule has 0 saturated heterocycles. The van der Waals surface area contributed by atoms with E-state index in [1.165, 1.54) is 0 Å². The number of nitrogens with zero attached hydrogens (tertiary/aromatic N) is 4. The number of anilines is 3. The number of aromatic nitrogens is 2. The average Bonchev–Trinajstić information content (AvgIpc) is 2.83. The molecule has 162 valence electrons. The molecule has 2 N–H and O–H groups in total. The highest BCUT2D eigenvalue weighted by Crippen LogP contribution is 2.36. The molecule has 0 aliphatic carbocycles. The molecule has 4 rings (SSSR count). The van der Waals surface area contributed by atoms with Crippen molar-refractivity contribution in [2.45, 2.75) is 19.8 Å². The summed E-state index contributed by atoms with van der Waals surface area (Å²) in [5, 5.41) is 26.4. The van der Waals surface area contributed by atoms with Crippen molar-refractivity contribution in [2.75, 3.05) is 17.7 Å². The molecule has 1 heterocycles. The van der Waals surface area contributed by atoms with E-state index in [0.29, 0.717) is 34.5 Å². The number of hydrogen-bond acceptors (Lipinski definition) is 7. The molecule has 0 bridgehead atoms. The Labute approximate surface area is 192 Å². The summed E-state index contributed by atoms with van der Waals surface area (Å²) in [4.78, 5) is 9.26. The van der Waals surface area contributed by atoms with Crippen molar-refractivity contribution in [3.05, 3.63) is 77.4 Å². The molecule has 0 atom stereocenters. The Morgan fingerprint density at radius 2 is 1.52 bits per heavy atom. The minimum absolute atomic E-state index is 0.116. The molecule has 0 spiro atoms. The van der Waals surface area contributed by atoms with Gasteiger partial charge in [0, 0.05) is 12.7 Å². The fourth-order valence-electron chi connectivity index (χ4n) is 3.52. The van der Waals surface area contributed by atoms with E-state index < -0.39 is 0 Å². The fraction of sp³-hybridized carbons (Fsp3) is 0.154. The fourth-order valence-corrected chi connectivity index (χ4v) is 3.52. The second-order valence-corrected chi connectivity index (χ2v) is 7.77. The van der Waals surface area contributed by atoms with Crippen LogP contribution in [0.25, 0.3) is 10.8 Å². The molecule has 0 amide bonds. The van der Waals surface area contributed by atoms with Crippen molar-refractivity contribution in [1.29, 1.82) is 10.5 Å². The molecule has 3 aromatic carbocycles. The lowest BCUT2D eigenvalue weighted by Gasteiger charge is -2.18. The summed E-state index contributed by atoms with van der Waals surface area (Å²) in [5.41, 5.74) is 2.82. The summed E-state index contributed by atoms with van der Waals surface area (Å²) in [5.74, 6) is 2.26. The summed E-state index contributed by atoms with van der Waals surface area (Å²) >= 11 is 0. The van der Waals surface area contributed by atoms with Gasteiger partial charge in [-0.05, 0) is 65.2 Å². The Balaban J connectivity index is 1.72. The van der Waals surface area contributed by atoms with E-state index in [9.17, 15) is 0 Å². The highest BCUT2D eigenvalue weighted by Gasteiger charge is 2.19. The summed E-state index contributed by atoms with van der Waals surface area (Å²) in [6.45, 7) is 4.12. The van der Waals surface area contributed by atoms with Gasteiger partial charge in [-0.2, -0.15) is 20.5 Å². The van der Waals surface area contributed by atoms with Crippen molar-refractivity contribution in [2.24, 2.45) is 0 Å². The third kappa shape index (κ3) is 4.68. The Bertz CT molecular complexity index is 1400. The quantitative estimate of drug-likeness (QED) is 0.379. The Kier molecular flexibility index (Phi) is 6.06. The average molecular weight is 435 g/mol. The summed E-state index contributed by atoms with van der Waals surface area (Å²) in [6, 6.07) is 22.6. The molecule has 0 unspecified atom stereocenters. The summed E-state index contributed by atoms with van der Waals surface area (Å²) in [6.07, 6.45) is 0. The second-order valence-electron chi connectivity index (χ2n) is 7.77. The van der Waals surface area contributed by atoms with Gasteiger partial charge in [-0.1, -0.05) is 26.0 Å². The van der Waals surface area contributed by atoms with Crippen molar-refractivity contribution in [3.63, 3.8) is 0 Å². The number of nitriles is 2. The predicted octanol–water partition coefficient (Wildman–Crippen LogP) is 6.07. The van der Waals surface area contributed by atoms with Crippen LogP contribution in [0.5, 0.6) is 11.6 Å². The van der Waals surface area contributed by atoms with Crippen LogP contribution >= 0.6 is 0 Å². The monoisotopic (exact) mass is 434 g/mol. The third-order valence-corrected chi connectivity index (χ3v) is 5.15. The number of hydrogen-bond donors (Lipinski definition) is 2. The van der Waals surface area contributed by atoms with Crippen LogP contribution in [0.4, 0.5) is 17.5 Å². The van der Waals surface area contributed by atoms with E-state index in [-0.39, 0.29) is 5.92 Å². The molecule has 0 fully saturated rings. The van der Waals surface area contributed by atoms with Crippen LogP contribution in [0.15, 0.2) is 60.7 Å². The second kappa shape index (κ2) is 9.25. The Morgan fingerprint density at radius 3 is 2.18 bits per heavy atom. The lowest BCUT2D eigenvalue weighted by atomic mass is 10.1. The molecular weight excluding hydrogens is 412 g/mol. The summed E-state index contributed by atoms with van der Waals surface area (Å²) < 4.78 is 6.25. The number of rotatable bonds is 6. The van der Waals surface area contributed by atoms with Crippen molar-refractivity contribution in [3.8, 4) is 23.8 Å². The highest BCUT2D eigenvalue weighted by atomic mass is 16.5. The molecule has 7 heteroatoms. The van der Waals surface area contributed by atoms with Crippen molar-refractivity contribution >= 4 is 28.2 Å². The zero-order valence-electron chi connectivity index (χ0n) is 18.5. The molecule has 7 nitrogen and oxygen atoms in total. The molecule has 4 aromatic rings. The molecule has 1 aromatic heterocycles. The van der Waals surface area contributed by atoms with Gasteiger partial charge >= 0.3 is 0 Å². The van der Waals surface area contributed by atoms with E-state index in [0.717, 1.165) is 22.0 Å². The largest absolute Gasteiger partial charge is 0.438 e. The molecule has 0 saturated carbocycles. The van der Waals surface area contributed by atoms with E-state index >= 15 is 0 Å². The Hall–Kier alpha value is -4.62. The third-order valence-electron chi connectivity index (χ3n) is 5.15. The van der Waals surface area contributed by atoms with Gasteiger partial charge in [-0.15, -0.1) is 0 Å². The number of fused-ring (bicyclic) bond motifs is 1. The van der Waals surface area contributed by atoms with Gasteiger partial charge in [-0.3, -0.25) is 0 Å². The van der Waals surface area contributed by atoms with Gasteiger partial charge in [0.1, 0.15) is 11.6 Å². The van der Waals surface area contributed by atoms with Crippen molar-refractivity contribution in [1.82, 2.24) is 9.97 Å². The van der Waals surface area contributed by atoms with Crippen LogP contribution in [0.3, 0.4) is 0 Å². The first-order valence-corrected chi connectivity index (χ1v) is 10.5. The molecule has 0 radical (unpaired) electrons. The van der Waals surface area contributed by atoms with Gasteiger partial charge in [0.25, 0.3) is 0 Å². The van der Waals surface area contributed by atoms with E-state index in [1.54, 1.807) is 30.3 Å². The first kappa shape index (κ1) is 21.6. The topological polar surface area (TPSA) is 107 Å². The predicted molar refractivity (Wildman–Crippen MR) is 129 cm³/mol. The Morgan fingerprint density at radius 1 is 0.848 bits per heavy atom. The van der Waals surface area contributed by atoms with Gasteiger partial charge < -0.3 is 15.4 Å². The van der Waals surface area contributed by atoms with Crippen LogP contribution in [0.1, 0.15) is 36.5 Å². The minimum atomic E-state index is 0.116.